The number of rotatable bonds is 6. The van der Waals surface area contributed by atoms with Crippen molar-refractivity contribution in [2.45, 2.75) is 6.92 Å². The number of benzene rings is 3. The van der Waals surface area contributed by atoms with Gasteiger partial charge in [0.1, 0.15) is 11.5 Å². The zero-order chi connectivity index (χ0) is 20.1. The Morgan fingerprint density at radius 2 is 1.50 bits per heavy atom. The van der Waals surface area contributed by atoms with E-state index in [0.717, 1.165) is 0 Å². The standard InChI is InChI=1S/C21H16N2O5/c1-14(24)16-3-2-4-17(13-16)22-21(25)15-5-9-19(10-6-15)28-20-11-7-18(8-12-20)23(26)27/h2-13H,1H3,(H,22,25). The maximum absolute atomic E-state index is 12.4. The molecule has 3 aromatic carbocycles. The van der Waals surface area contributed by atoms with E-state index in [4.69, 9.17) is 4.74 Å². The first-order valence-electron chi connectivity index (χ1n) is 8.37. The molecule has 1 amide bonds. The quantitative estimate of drug-likeness (QED) is 0.377. The number of ketones is 1. The van der Waals surface area contributed by atoms with Crippen molar-refractivity contribution in [3.63, 3.8) is 0 Å². The van der Waals surface area contributed by atoms with Crippen LogP contribution in [0.25, 0.3) is 0 Å². The van der Waals surface area contributed by atoms with E-state index in [0.29, 0.717) is 28.3 Å². The SMILES string of the molecule is CC(=O)c1cccc(NC(=O)c2ccc(Oc3ccc([N+](=O)[O-])cc3)cc2)c1. The van der Waals surface area contributed by atoms with Crippen molar-refractivity contribution in [3.8, 4) is 11.5 Å². The number of hydrogen-bond acceptors (Lipinski definition) is 5. The first-order valence-corrected chi connectivity index (χ1v) is 8.37. The molecule has 0 aliphatic rings. The highest BCUT2D eigenvalue weighted by Gasteiger charge is 2.09. The third-order valence-electron chi connectivity index (χ3n) is 3.93. The minimum Gasteiger partial charge on any atom is -0.457 e. The minimum absolute atomic E-state index is 0.0202. The van der Waals surface area contributed by atoms with E-state index in [1.807, 2.05) is 0 Å². The van der Waals surface area contributed by atoms with Crippen LogP contribution in [0.2, 0.25) is 0 Å². The summed E-state index contributed by atoms with van der Waals surface area (Å²) in [5.74, 6) is 0.541. The molecule has 0 radical (unpaired) electrons. The Kier molecular flexibility index (Phi) is 5.45. The fourth-order valence-corrected chi connectivity index (χ4v) is 2.47. The van der Waals surface area contributed by atoms with Crippen LogP contribution in [0.4, 0.5) is 11.4 Å². The Labute approximate surface area is 160 Å². The van der Waals surface area contributed by atoms with Gasteiger partial charge in [0.25, 0.3) is 11.6 Å². The summed E-state index contributed by atoms with van der Waals surface area (Å²) < 4.78 is 5.62. The second-order valence-corrected chi connectivity index (χ2v) is 5.97. The lowest BCUT2D eigenvalue weighted by Gasteiger charge is -2.08. The molecule has 1 N–H and O–H groups in total. The van der Waals surface area contributed by atoms with Gasteiger partial charge in [0, 0.05) is 28.9 Å². The maximum atomic E-state index is 12.4. The minimum atomic E-state index is -0.483. The molecule has 7 heteroatoms. The van der Waals surface area contributed by atoms with Crippen molar-refractivity contribution in [2.75, 3.05) is 5.32 Å². The highest BCUT2D eigenvalue weighted by atomic mass is 16.6. The molecule has 0 saturated carbocycles. The molecular weight excluding hydrogens is 360 g/mol. The highest BCUT2D eigenvalue weighted by Crippen LogP contribution is 2.24. The number of hydrogen-bond donors (Lipinski definition) is 1. The predicted octanol–water partition coefficient (Wildman–Crippen LogP) is 4.84. The number of nitrogens with zero attached hydrogens (tertiary/aromatic N) is 1. The van der Waals surface area contributed by atoms with Crippen LogP contribution in [-0.4, -0.2) is 16.6 Å². The fourth-order valence-electron chi connectivity index (χ4n) is 2.47. The van der Waals surface area contributed by atoms with Gasteiger partial charge in [-0.2, -0.15) is 0 Å². The lowest BCUT2D eigenvalue weighted by atomic mass is 10.1. The molecule has 140 valence electrons. The Morgan fingerprint density at radius 3 is 2.07 bits per heavy atom. The molecular formula is C21H16N2O5. The first kappa shape index (κ1) is 18.8. The Balaban J connectivity index is 1.66. The zero-order valence-corrected chi connectivity index (χ0v) is 14.9. The highest BCUT2D eigenvalue weighted by molar-refractivity contribution is 6.05. The molecule has 0 aromatic heterocycles. The van der Waals surface area contributed by atoms with Gasteiger partial charge in [-0.05, 0) is 55.5 Å². The van der Waals surface area contributed by atoms with E-state index in [9.17, 15) is 19.7 Å². The van der Waals surface area contributed by atoms with Gasteiger partial charge in [-0.1, -0.05) is 12.1 Å². The summed E-state index contributed by atoms with van der Waals surface area (Å²) in [6.45, 7) is 1.46. The number of carbonyl (C=O) groups is 2. The smallest absolute Gasteiger partial charge is 0.269 e. The summed E-state index contributed by atoms with van der Waals surface area (Å²) in [7, 11) is 0. The summed E-state index contributed by atoms with van der Waals surface area (Å²) >= 11 is 0. The van der Waals surface area contributed by atoms with Crippen molar-refractivity contribution >= 4 is 23.1 Å². The number of nitrogens with one attached hydrogen (secondary N) is 1. The summed E-state index contributed by atoms with van der Waals surface area (Å²) in [6, 6.07) is 18.9. The van der Waals surface area contributed by atoms with Crippen LogP contribution in [0.5, 0.6) is 11.5 Å². The average Bonchev–Trinajstić information content (AvgIpc) is 2.69. The summed E-state index contributed by atoms with van der Waals surface area (Å²) in [4.78, 5) is 34.0. The fraction of sp³-hybridized carbons (Fsp3) is 0.0476. The first-order chi connectivity index (χ1) is 13.4. The third kappa shape index (κ3) is 4.59. The molecule has 7 nitrogen and oxygen atoms in total. The second kappa shape index (κ2) is 8.13. The number of nitro benzene ring substituents is 1. The molecule has 3 rings (SSSR count). The van der Waals surface area contributed by atoms with Crippen LogP contribution >= 0.6 is 0 Å². The van der Waals surface area contributed by atoms with Crippen molar-refractivity contribution in [3.05, 3.63) is 94.0 Å². The number of carbonyl (C=O) groups excluding carboxylic acids is 2. The van der Waals surface area contributed by atoms with Gasteiger partial charge in [0.05, 0.1) is 4.92 Å². The van der Waals surface area contributed by atoms with Gasteiger partial charge in [0.2, 0.25) is 0 Å². The molecule has 0 bridgehead atoms. The molecule has 0 atom stereocenters. The van der Waals surface area contributed by atoms with Crippen LogP contribution in [0.15, 0.2) is 72.8 Å². The summed E-state index contributed by atoms with van der Waals surface area (Å²) in [5.41, 5.74) is 1.45. The number of Topliss-reactive ketones (excluding diaryl/α,β-unsaturated/α-hetero) is 1. The maximum Gasteiger partial charge on any atom is 0.269 e. The van der Waals surface area contributed by atoms with Crippen molar-refractivity contribution in [2.24, 2.45) is 0 Å². The van der Waals surface area contributed by atoms with Crippen molar-refractivity contribution < 1.29 is 19.2 Å². The number of amides is 1. The molecule has 28 heavy (non-hydrogen) atoms. The monoisotopic (exact) mass is 376 g/mol. The van der Waals surface area contributed by atoms with Crippen LogP contribution < -0.4 is 10.1 Å². The van der Waals surface area contributed by atoms with Crippen LogP contribution in [0.1, 0.15) is 27.6 Å². The number of non-ortho nitro benzene ring substituents is 1. The average molecular weight is 376 g/mol. The predicted molar refractivity (Wildman–Crippen MR) is 104 cm³/mol. The van der Waals surface area contributed by atoms with Crippen molar-refractivity contribution in [1.29, 1.82) is 0 Å². The Morgan fingerprint density at radius 1 is 0.893 bits per heavy atom. The van der Waals surface area contributed by atoms with Gasteiger partial charge in [-0.15, -0.1) is 0 Å². The summed E-state index contributed by atoms with van der Waals surface area (Å²) in [6.07, 6.45) is 0. The molecule has 0 saturated heterocycles. The van der Waals surface area contributed by atoms with E-state index in [1.165, 1.54) is 31.2 Å². The molecule has 3 aromatic rings. The lowest BCUT2D eigenvalue weighted by Crippen LogP contribution is -2.12. The molecule has 0 aliphatic carbocycles. The van der Waals surface area contributed by atoms with Gasteiger partial charge in [0.15, 0.2) is 5.78 Å². The normalized spacial score (nSPS) is 10.2. The van der Waals surface area contributed by atoms with E-state index in [1.54, 1.807) is 48.5 Å². The topological polar surface area (TPSA) is 98.5 Å². The number of nitro groups is 1. The lowest BCUT2D eigenvalue weighted by molar-refractivity contribution is -0.384. The van der Waals surface area contributed by atoms with E-state index in [-0.39, 0.29) is 17.4 Å². The molecule has 0 unspecified atom stereocenters. The van der Waals surface area contributed by atoms with Crippen molar-refractivity contribution in [1.82, 2.24) is 0 Å². The van der Waals surface area contributed by atoms with E-state index >= 15 is 0 Å². The molecule has 0 heterocycles. The van der Waals surface area contributed by atoms with Gasteiger partial charge in [-0.3, -0.25) is 19.7 Å². The zero-order valence-electron chi connectivity index (χ0n) is 14.9. The van der Waals surface area contributed by atoms with Gasteiger partial charge >= 0.3 is 0 Å². The second-order valence-electron chi connectivity index (χ2n) is 5.97. The summed E-state index contributed by atoms with van der Waals surface area (Å²) in [5, 5.41) is 13.4. The van der Waals surface area contributed by atoms with E-state index < -0.39 is 4.92 Å². The van der Waals surface area contributed by atoms with Gasteiger partial charge < -0.3 is 10.1 Å². The van der Waals surface area contributed by atoms with Gasteiger partial charge in [-0.25, -0.2) is 0 Å². The van der Waals surface area contributed by atoms with Crippen LogP contribution in [-0.2, 0) is 0 Å². The van der Waals surface area contributed by atoms with Crippen LogP contribution in [0, 0.1) is 10.1 Å². The Bertz CT molecular complexity index is 1030. The third-order valence-corrected chi connectivity index (χ3v) is 3.93. The largest absolute Gasteiger partial charge is 0.457 e. The molecule has 0 aliphatic heterocycles. The molecule has 0 spiro atoms. The number of anilines is 1. The van der Waals surface area contributed by atoms with E-state index in [2.05, 4.69) is 5.32 Å². The number of ether oxygens (including phenoxy) is 1. The Hall–Kier alpha value is -4.00. The molecule has 0 fully saturated rings. The van der Waals surface area contributed by atoms with Crippen LogP contribution in [0.3, 0.4) is 0 Å².